The van der Waals surface area contributed by atoms with Crippen molar-refractivity contribution in [1.82, 2.24) is 5.32 Å². The molecule has 1 aliphatic heterocycles. The molecule has 0 bridgehead atoms. The Morgan fingerprint density at radius 2 is 2.31 bits per heavy atom. The van der Waals surface area contributed by atoms with Crippen LogP contribution in [0.25, 0.3) is 0 Å². The van der Waals surface area contributed by atoms with Crippen LogP contribution in [0.2, 0.25) is 0 Å². The first-order chi connectivity index (χ1) is 6.31. The Bertz CT molecular complexity index is 376. The fourth-order valence-electron chi connectivity index (χ4n) is 1.36. The first-order valence-electron chi connectivity index (χ1n) is 3.93. The van der Waals surface area contributed by atoms with E-state index in [9.17, 15) is 4.79 Å². The molecule has 1 aliphatic rings. The number of fused-ring (bicyclic) bond motifs is 1. The lowest BCUT2D eigenvalue weighted by atomic mass is 10.1. The van der Waals surface area contributed by atoms with E-state index in [1.807, 2.05) is 12.1 Å². The molecule has 1 heterocycles. The quantitative estimate of drug-likeness (QED) is 0.520. The van der Waals surface area contributed by atoms with Gasteiger partial charge in [0.1, 0.15) is 6.29 Å². The summed E-state index contributed by atoms with van der Waals surface area (Å²) < 4.78 is 0. The number of rotatable bonds is 1. The summed E-state index contributed by atoms with van der Waals surface area (Å²) in [5, 5.41) is 6.58. The van der Waals surface area contributed by atoms with Gasteiger partial charge in [-0.2, -0.15) is 0 Å². The third-order valence-electron chi connectivity index (χ3n) is 2.01. The molecular formula is C9H8N2OS. The van der Waals surface area contributed by atoms with Gasteiger partial charge in [-0.05, 0) is 18.3 Å². The van der Waals surface area contributed by atoms with Gasteiger partial charge in [-0.1, -0.05) is 12.1 Å². The van der Waals surface area contributed by atoms with Crippen LogP contribution in [-0.4, -0.2) is 11.4 Å². The van der Waals surface area contributed by atoms with Gasteiger partial charge in [-0.15, -0.1) is 0 Å². The number of thiocarbonyl (C=S) groups is 1. The van der Waals surface area contributed by atoms with E-state index in [2.05, 4.69) is 10.6 Å². The minimum absolute atomic E-state index is 0.607. The molecule has 2 N–H and O–H groups in total. The van der Waals surface area contributed by atoms with Gasteiger partial charge in [0.2, 0.25) is 0 Å². The molecule has 3 nitrogen and oxygen atoms in total. The summed E-state index contributed by atoms with van der Waals surface area (Å²) in [5.74, 6) is 0. The molecule has 0 amide bonds. The average Bonchev–Trinajstić information content (AvgIpc) is 2.16. The molecule has 2 rings (SSSR count). The molecule has 66 valence electrons. The second-order valence-corrected chi connectivity index (χ2v) is 3.21. The van der Waals surface area contributed by atoms with E-state index in [0.717, 1.165) is 17.5 Å². The highest BCUT2D eigenvalue weighted by Gasteiger charge is 2.13. The molecule has 13 heavy (non-hydrogen) atoms. The number of carbonyl (C=O) groups is 1. The zero-order chi connectivity index (χ0) is 9.26. The maximum absolute atomic E-state index is 10.7. The second-order valence-electron chi connectivity index (χ2n) is 2.80. The van der Waals surface area contributed by atoms with Crippen LogP contribution < -0.4 is 10.6 Å². The van der Waals surface area contributed by atoms with E-state index >= 15 is 0 Å². The first kappa shape index (κ1) is 8.19. The van der Waals surface area contributed by atoms with Gasteiger partial charge in [0, 0.05) is 23.4 Å². The highest BCUT2D eigenvalue weighted by atomic mass is 32.1. The predicted molar refractivity (Wildman–Crippen MR) is 54.9 cm³/mol. The lowest BCUT2D eigenvalue weighted by Gasteiger charge is -2.21. The largest absolute Gasteiger partial charge is 0.358 e. The minimum Gasteiger partial charge on any atom is -0.358 e. The Labute approximate surface area is 81.1 Å². The maximum Gasteiger partial charge on any atom is 0.171 e. The van der Waals surface area contributed by atoms with Crippen molar-refractivity contribution in [2.24, 2.45) is 0 Å². The van der Waals surface area contributed by atoms with Crippen LogP contribution in [0.1, 0.15) is 15.9 Å². The van der Waals surface area contributed by atoms with Gasteiger partial charge < -0.3 is 10.6 Å². The van der Waals surface area contributed by atoms with E-state index in [1.165, 1.54) is 0 Å². The number of nitrogens with one attached hydrogen (secondary N) is 2. The third kappa shape index (κ3) is 1.40. The third-order valence-corrected chi connectivity index (χ3v) is 2.26. The molecule has 0 fully saturated rings. The Balaban J connectivity index is 2.51. The van der Waals surface area contributed by atoms with E-state index in [4.69, 9.17) is 12.2 Å². The molecule has 0 unspecified atom stereocenters. The van der Waals surface area contributed by atoms with Gasteiger partial charge in [-0.3, -0.25) is 4.79 Å². The smallest absolute Gasteiger partial charge is 0.171 e. The molecule has 0 saturated carbocycles. The Kier molecular flexibility index (Phi) is 1.98. The lowest BCUT2D eigenvalue weighted by Crippen LogP contribution is -2.33. The SMILES string of the molecule is O=Cc1cccc2c1CNC(=S)N2. The van der Waals surface area contributed by atoms with E-state index in [-0.39, 0.29) is 0 Å². The zero-order valence-corrected chi connectivity index (χ0v) is 7.65. The van der Waals surface area contributed by atoms with Gasteiger partial charge in [0.25, 0.3) is 0 Å². The highest BCUT2D eigenvalue weighted by Crippen LogP contribution is 2.21. The van der Waals surface area contributed by atoms with Crippen molar-refractivity contribution < 1.29 is 4.79 Å². The molecule has 0 aromatic heterocycles. The fourth-order valence-corrected chi connectivity index (χ4v) is 1.55. The minimum atomic E-state index is 0.607. The lowest BCUT2D eigenvalue weighted by molar-refractivity contribution is 0.112. The summed E-state index contributed by atoms with van der Waals surface area (Å²) in [6, 6.07) is 5.54. The van der Waals surface area contributed by atoms with E-state index in [1.54, 1.807) is 6.07 Å². The van der Waals surface area contributed by atoms with Crippen LogP contribution in [0.15, 0.2) is 18.2 Å². The number of hydrogen-bond acceptors (Lipinski definition) is 2. The van der Waals surface area contributed by atoms with Crippen LogP contribution in [-0.2, 0) is 6.54 Å². The summed E-state index contributed by atoms with van der Waals surface area (Å²) in [4.78, 5) is 10.7. The Hall–Kier alpha value is -1.42. The number of carbonyl (C=O) groups excluding carboxylic acids is 1. The van der Waals surface area contributed by atoms with Crippen molar-refractivity contribution in [2.75, 3.05) is 5.32 Å². The molecule has 0 atom stereocenters. The van der Waals surface area contributed by atoms with Crippen molar-refractivity contribution >= 4 is 29.3 Å². The second kappa shape index (κ2) is 3.14. The van der Waals surface area contributed by atoms with Crippen LogP contribution in [0.3, 0.4) is 0 Å². The van der Waals surface area contributed by atoms with Gasteiger partial charge in [0.15, 0.2) is 5.11 Å². The Morgan fingerprint density at radius 3 is 3.08 bits per heavy atom. The molecule has 1 aromatic rings. The molecule has 0 saturated heterocycles. The fraction of sp³-hybridized carbons (Fsp3) is 0.111. The molecule has 0 aliphatic carbocycles. The number of anilines is 1. The van der Waals surface area contributed by atoms with Gasteiger partial charge >= 0.3 is 0 Å². The van der Waals surface area contributed by atoms with Crippen molar-refractivity contribution in [3.8, 4) is 0 Å². The standard InChI is InChI=1S/C9H8N2OS/c12-5-6-2-1-3-8-7(6)4-10-9(13)11-8/h1-3,5H,4H2,(H2,10,11,13). The first-order valence-corrected chi connectivity index (χ1v) is 4.34. The van der Waals surface area contributed by atoms with Crippen LogP contribution in [0.5, 0.6) is 0 Å². The number of aldehydes is 1. The monoisotopic (exact) mass is 192 g/mol. The zero-order valence-electron chi connectivity index (χ0n) is 6.83. The van der Waals surface area contributed by atoms with Crippen molar-refractivity contribution in [3.05, 3.63) is 29.3 Å². The molecule has 1 aromatic carbocycles. The Morgan fingerprint density at radius 1 is 1.46 bits per heavy atom. The topological polar surface area (TPSA) is 41.1 Å². The number of benzene rings is 1. The summed E-state index contributed by atoms with van der Waals surface area (Å²) in [6.07, 6.45) is 0.858. The van der Waals surface area contributed by atoms with Crippen LogP contribution in [0.4, 0.5) is 5.69 Å². The predicted octanol–water partition coefficient (Wildman–Crippen LogP) is 1.30. The van der Waals surface area contributed by atoms with Gasteiger partial charge in [-0.25, -0.2) is 0 Å². The van der Waals surface area contributed by atoms with Crippen LogP contribution >= 0.6 is 12.2 Å². The highest BCUT2D eigenvalue weighted by molar-refractivity contribution is 7.80. The normalized spacial score (nSPS) is 14.0. The average molecular weight is 192 g/mol. The maximum atomic E-state index is 10.7. The molecular weight excluding hydrogens is 184 g/mol. The molecule has 0 radical (unpaired) electrons. The van der Waals surface area contributed by atoms with E-state index < -0.39 is 0 Å². The van der Waals surface area contributed by atoms with Gasteiger partial charge in [0.05, 0.1) is 0 Å². The van der Waals surface area contributed by atoms with E-state index in [0.29, 0.717) is 17.2 Å². The summed E-state index contributed by atoms with van der Waals surface area (Å²) in [5.41, 5.74) is 2.61. The summed E-state index contributed by atoms with van der Waals surface area (Å²) in [6.45, 7) is 0.621. The van der Waals surface area contributed by atoms with Crippen molar-refractivity contribution in [1.29, 1.82) is 0 Å². The van der Waals surface area contributed by atoms with Crippen molar-refractivity contribution in [2.45, 2.75) is 6.54 Å². The summed E-state index contributed by atoms with van der Waals surface area (Å²) >= 11 is 4.95. The molecule has 0 spiro atoms. The number of hydrogen-bond donors (Lipinski definition) is 2. The van der Waals surface area contributed by atoms with Crippen molar-refractivity contribution in [3.63, 3.8) is 0 Å². The molecule has 4 heteroatoms. The van der Waals surface area contributed by atoms with Crippen LogP contribution in [0, 0.1) is 0 Å². The summed E-state index contributed by atoms with van der Waals surface area (Å²) in [7, 11) is 0.